The van der Waals surface area contributed by atoms with Gasteiger partial charge in [-0.1, -0.05) is 30.3 Å². The van der Waals surface area contributed by atoms with Crippen molar-refractivity contribution in [2.75, 3.05) is 6.54 Å². The van der Waals surface area contributed by atoms with Crippen LogP contribution < -0.4 is 5.73 Å². The highest BCUT2D eigenvalue weighted by molar-refractivity contribution is 5.81. The molecular weight excluding hydrogens is 252 g/mol. The monoisotopic (exact) mass is 276 g/mol. The molecule has 1 saturated heterocycles. The molecule has 1 aliphatic heterocycles. The molecule has 20 heavy (non-hydrogen) atoms. The summed E-state index contributed by atoms with van der Waals surface area (Å²) in [4.78, 5) is 14.3. The number of ether oxygens (including phenoxy) is 1. The maximum Gasteiger partial charge on any atom is 0.251 e. The summed E-state index contributed by atoms with van der Waals surface area (Å²) in [6.45, 7) is 5.09. The average Bonchev–Trinajstić information content (AvgIpc) is 2.45. The van der Waals surface area contributed by atoms with Crippen LogP contribution in [0.4, 0.5) is 0 Å². The minimum Gasteiger partial charge on any atom is -0.364 e. The fourth-order valence-corrected chi connectivity index (χ4v) is 2.64. The van der Waals surface area contributed by atoms with E-state index >= 15 is 0 Å². The molecule has 0 spiro atoms. The second-order valence-corrected chi connectivity index (χ2v) is 5.60. The third kappa shape index (κ3) is 3.81. The van der Waals surface area contributed by atoms with E-state index in [1.54, 1.807) is 0 Å². The van der Waals surface area contributed by atoms with Crippen molar-refractivity contribution in [1.82, 2.24) is 4.90 Å². The lowest BCUT2D eigenvalue weighted by atomic mass is 9.98. The van der Waals surface area contributed by atoms with Crippen LogP contribution in [0.2, 0.25) is 0 Å². The van der Waals surface area contributed by atoms with Crippen LogP contribution in [-0.4, -0.2) is 35.5 Å². The van der Waals surface area contributed by atoms with Crippen LogP contribution in [0.5, 0.6) is 0 Å². The Bertz CT molecular complexity index is 435. The maximum absolute atomic E-state index is 12.4. The summed E-state index contributed by atoms with van der Waals surface area (Å²) in [5.74, 6) is 0.0698. The molecule has 1 aliphatic rings. The Morgan fingerprint density at radius 3 is 2.80 bits per heavy atom. The topological polar surface area (TPSA) is 55.6 Å². The summed E-state index contributed by atoms with van der Waals surface area (Å²) in [5, 5.41) is 0. The Labute approximate surface area is 120 Å². The van der Waals surface area contributed by atoms with Gasteiger partial charge in [0.2, 0.25) is 0 Å². The van der Waals surface area contributed by atoms with Crippen LogP contribution >= 0.6 is 0 Å². The van der Waals surface area contributed by atoms with Crippen molar-refractivity contribution in [2.45, 2.75) is 51.5 Å². The number of hydrogen-bond acceptors (Lipinski definition) is 3. The van der Waals surface area contributed by atoms with Crippen LogP contribution in [0.15, 0.2) is 30.3 Å². The Hall–Kier alpha value is -1.39. The van der Waals surface area contributed by atoms with Crippen LogP contribution in [0.1, 0.15) is 32.3 Å². The second-order valence-electron chi connectivity index (χ2n) is 5.60. The first-order chi connectivity index (χ1) is 9.58. The predicted molar refractivity (Wildman–Crippen MR) is 79.1 cm³/mol. The standard InChI is InChI=1S/C16H24N2O2/c1-12-10-15(17)8-9-18(12)16(19)13(2)20-11-14-6-4-3-5-7-14/h3-7,12-13,15H,8-11,17H2,1-2H3/t12-,13-,15-/m0/s1. The van der Waals surface area contributed by atoms with E-state index < -0.39 is 6.10 Å². The fraction of sp³-hybridized carbons (Fsp3) is 0.562. The van der Waals surface area contributed by atoms with Crippen LogP contribution in [0.25, 0.3) is 0 Å². The zero-order valence-electron chi connectivity index (χ0n) is 12.3. The third-order valence-corrected chi connectivity index (χ3v) is 3.89. The number of benzene rings is 1. The quantitative estimate of drug-likeness (QED) is 0.914. The van der Waals surface area contributed by atoms with Gasteiger partial charge in [0.25, 0.3) is 5.91 Å². The zero-order chi connectivity index (χ0) is 14.5. The predicted octanol–water partition coefficient (Wildman–Crippen LogP) is 1.93. The van der Waals surface area contributed by atoms with Crippen molar-refractivity contribution in [3.05, 3.63) is 35.9 Å². The third-order valence-electron chi connectivity index (χ3n) is 3.89. The van der Waals surface area contributed by atoms with Crippen LogP contribution in [-0.2, 0) is 16.1 Å². The molecule has 1 aromatic rings. The normalized spacial score (nSPS) is 24.4. The molecule has 0 unspecified atom stereocenters. The highest BCUT2D eigenvalue weighted by atomic mass is 16.5. The Morgan fingerprint density at radius 2 is 2.15 bits per heavy atom. The first-order valence-electron chi connectivity index (χ1n) is 7.29. The van der Waals surface area contributed by atoms with E-state index in [-0.39, 0.29) is 18.0 Å². The lowest BCUT2D eigenvalue weighted by Gasteiger charge is -2.37. The van der Waals surface area contributed by atoms with Crippen molar-refractivity contribution in [3.8, 4) is 0 Å². The molecule has 0 radical (unpaired) electrons. The second kappa shape index (κ2) is 6.86. The summed E-state index contributed by atoms with van der Waals surface area (Å²) >= 11 is 0. The van der Waals surface area contributed by atoms with Gasteiger partial charge < -0.3 is 15.4 Å². The number of piperidine rings is 1. The van der Waals surface area contributed by atoms with Gasteiger partial charge in [0.15, 0.2) is 0 Å². The van der Waals surface area contributed by atoms with Gasteiger partial charge in [0.05, 0.1) is 6.61 Å². The molecule has 0 aromatic heterocycles. The summed E-state index contributed by atoms with van der Waals surface area (Å²) in [7, 11) is 0. The van der Waals surface area contributed by atoms with Gasteiger partial charge >= 0.3 is 0 Å². The van der Waals surface area contributed by atoms with E-state index in [4.69, 9.17) is 10.5 Å². The number of likely N-dealkylation sites (tertiary alicyclic amines) is 1. The van der Waals surface area contributed by atoms with Gasteiger partial charge in [-0.25, -0.2) is 0 Å². The number of carbonyl (C=O) groups excluding carboxylic acids is 1. The average molecular weight is 276 g/mol. The highest BCUT2D eigenvalue weighted by Gasteiger charge is 2.30. The molecule has 110 valence electrons. The molecule has 3 atom stereocenters. The number of hydrogen-bond donors (Lipinski definition) is 1. The number of carbonyl (C=O) groups is 1. The molecule has 1 aromatic carbocycles. The van der Waals surface area contributed by atoms with Crippen molar-refractivity contribution >= 4 is 5.91 Å². The van der Waals surface area contributed by atoms with Gasteiger partial charge in [0, 0.05) is 18.6 Å². The lowest BCUT2D eigenvalue weighted by Crippen LogP contribution is -2.51. The van der Waals surface area contributed by atoms with Crippen LogP contribution in [0, 0.1) is 0 Å². The summed E-state index contributed by atoms with van der Waals surface area (Å²) in [6, 6.07) is 10.3. The molecule has 4 nitrogen and oxygen atoms in total. The van der Waals surface area contributed by atoms with E-state index in [1.165, 1.54) is 0 Å². The van der Waals surface area contributed by atoms with Crippen molar-refractivity contribution < 1.29 is 9.53 Å². The fourth-order valence-electron chi connectivity index (χ4n) is 2.64. The molecule has 0 bridgehead atoms. The van der Waals surface area contributed by atoms with Gasteiger partial charge in [-0.2, -0.15) is 0 Å². The van der Waals surface area contributed by atoms with Crippen LogP contribution in [0.3, 0.4) is 0 Å². The molecule has 2 rings (SSSR count). The summed E-state index contributed by atoms with van der Waals surface area (Å²) in [5.41, 5.74) is 7.01. The first kappa shape index (κ1) is 15.0. The molecule has 2 N–H and O–H groups in total. The van der Waals surface area contributed by atoms with E-state index in [0.29, 0.717) is 6.61 Å². The lowest BCUT2D eigenvalue weighted by molar-refractivity contribution is -0.147. The van der Waals surface area contributed by atoms with Gasteiger partial charge in [-0.15, -0.1) is 0 Å². The SMILES string of the molecule is C[C@H](OCc1ccccc1)C(=O)N1CC[C@H](N)C[C@@H]1C. The number of rotatable bonds is 4. The Balaban J connectivity index is 1.85. The van der Waals surface area contributed by atoms with E-state index in [2.05, 4.69) is 6.92 Å². The molecule has 4 heteroatoms. The van der Waals surface area contributed by atoms with Crippen molar-refractivity contribution in [2.24, 2.45) is 5.73 Å². The van der Waals surface area contributed by atoms with Crippen molar-refractivity contribution in [1.29, 1.82) is 0 Å². The molecule has 1 fully saturated rings. The molecule has 0 saturated carbocycles. The Kier molecular flexibility index (Phi) is 5.15. The molecule has 0 aliphatic carbocycles. The highest BCUT2D eigenvalue weighted by Crippen LogP contribution is 2.18. The smallest absolute Gasteiger partial charge is 0.251 e. The van der Waals surface area contributed by atoms with Crippen molar-refractivity contribution in [3.63, 3.8) is 0 Å². The minimum atomic E-state index is -0.410. The number of nitrogens with zero attached hydrogens (tertiary/aromatic N) is 1. The minimum absolute atomic E-state index is 0.0698. The number of nitrogens with two attached hydrogens (primary N) is 1. The maximum atomic E-state index is 12.4. The number of amides is 1. The largest absolute Gasteiger partial charge is 0.364 e. The van der Waals surface area contributed by atoms with Gasteiger partial charge in [0.1, 0.15) is 6.10 Å². The van der Waals surface area contributed by atoms with E-state index in [9.17, 15) is 4.79 Å². The molecule has 1 amide bonds. The first-order valence-corrected chi connectivity index (χ1v) is 7.29. The summed E-state index contributed by atoms with van der Waals surface area (Å²) < 4.78 is 5.70. The Morgan fingerprint density at radius 1 is 1.45 bits per heavy atom. The van der Waals surface area contributed by atoms with Gasteiger partial charge in [-0.3, -0.25) is 4.79 Å². The van der Waals surface area contributed by atoms with E-state index in [1.807, 2.05) is 42.2 Å². The van der Waals surface area contributed by atoms with E-state index in [0.717, 1.165) is 24.9 Å². The molecular formula is C16H24N2O2. The molecule has 1 heterocycles. The summed E-state index contributed by atoms with van der Waals surface area (Å²) in [6.07, 6.45) is 1.34. The van der Waals surface area contributed by atoms with Gasteiger partial charge in [-0.05, 0) is 32.3 Å². The zero-order valence-corrected chi connectivity index (χ0v) is 12.3.